The van der Waals surface area contributed by atoms with Crippen LogP contribution in [0, 0.1) is 5.41 Å². The highest BCUT2D eigenvalue weighted by Gasteiger charge is 2.47. The number of halogens is 1. The fourth-order valence-electron chi connectivity index (χ4n) is 1.80. The van der Waals surface area contributed by atoms with E-state index in [-0.39, 0.29) is 10.9 Å². The fourth-order valence-corrected chi connectivity index (χ4v) is 2.33. The van der Waals surface area contributed by atoms with Crippen LogP contribution in [0.15, 0.2) is 22.8 Å². The third kappa shape index (κ3) is 2.32. The van der Waals surface area contributed by atoms with Gasteiger partial charge in [-0.25, -0.2) is 4.98 Å². The Morgan fingerprint density at radius 1 is 1.53 bits per heavy atom. The number of nitrogens with one attached hydrogen (secondary N) is 1. The zero-order chi connectivity index (χ0) is 12.5. The quantitative estimate of drug-likeness (QED) is 0.840. The van der Waals surface area contributed by atoms with Crippen LogP contribution < -0.4 is 11.1 Å². The largest absolute Gasteiger partial charge is 0.392 e. The zero-order valence-corrected chi connectivity index (χ0v) is 11.5. The Morgan fingerprint density at radius 2 is 2.24 bits per heavy atom. The summed E-state index contributed by atoms with van der Waals surface area (Å²) in [7, 11) is 0. The average Bonchev–Trinajstić information content (AvgIpc) is 2.19. The molecule has 17 heavy (non-hydrogen) atoms. The molecular weight excluding hydrogens is 302 g/mol. The number of rotatable bonds is 3. The van der Waals surface area contributed by atoms with E-state index < -0.39 is 5.41 Å². The number of hydrogen-bond acceptors (Lipinski definition) is 3. The molecule has 1 fully saturated rings. The van der Waals surface area contributed by atoms with Crippen LogP contribution in [0.25, 0.3) is 0 Å². The summed E-state index contributed by atoms with van der Waals surface area (Å²) in [6.07, 6.45) is 4.07. The van der Waals surface area contributed by atoms with Crippen LogP contribution in [0.3, 0.4) is 0 Å². The van der Waals surface area contributed by atoms with E-state index >= 15 is 0 Å². The Balaban J connectivity index is 2.11. The molecular formula is C11H12BrN3OS. The van der Waals surface area contributed by atoms with Gasteiger partial charge in [0.25, 0.3) is 0 Å². The van der Waals surface area contributed by atoms with Gasteiger partial charge in [-0.2, -0.15) is 0 Å². The summed E-state index contributed by atoms with van der Waals surface area (Å²) in [5.74, 6) is 0.367. The van der Waals surface area contributed by atoms with Crippen molar-refractivity contribution in [3.05, 3.63) is 22.8 Å². The second-order valence-electron chi connectivity index (χ2n) is 4.12. The predicted octanol–water partition coefficient (Wildman–Crippen LogP) is 2.24. The minimum absolute atomic E-state index is 0.147. The third-order valence-electron chi connectivity index (χ3n) is 3.08. The van der Waals surface area contributed by atoms with E-state index in [9.17, 15) is 4.79 Å². The molecule has 0 aliphatic heterocycles. The number of thiocarbonyl (C=S) groups is 1. The van der Waals surface area contributed by atoms with Gasteiger partial charge in [-0.05, 0) is 40.9 Å². The van der Waals surface area contributed by atoms with Crippen molar-refractivity contribution in [1.29, 1.82) is 0 Å². The molecule has 0 radical (unpaired) electrons. The van der Waals surface area contributed by atoms with Gasteiger partial charge in [0.2, 0.25) is 5.91 Å². The Morgan fingerprint density at radius 3 is 2.65 bits per heavy atom. The van der Waals surface area contributed by atoms with Gasteiger partial charge in [0.15, 0.2) is 0 Å². The summed E-state index contributed by atoms with van der Waals surface area (Å²) >= 11 is 8.27. The number of pyridine rings is 1. The number of aromatic nitrogens is 1. The lowest BCUT2D eigenvalue weighted by molar-refractivity contribution is -0.125. The average molecular weight is 314 g/mol. The normalized spacial score (nSPS) is 17.0. The summed E-state index contributed by atoms with van der Waals surface area (Å²) in [5.41, 5.74) is 4.99. The van der Waals surface area contributed by atoms with Crippen LogP contribution in [0.4, 0.5) is 5.82 Å². The van der Waals surface area contributed by atoms with Crippen LogP contribution in [0.2, 0.25) is 0 Å². The molecule has 0 atom stereocenters. The van der Waals surface area contributed by atoms with E-state index in [1.165, 1.54) is 0 Å². The molecule has 1 aliphatic carbocycles. The van der Waals surface area contributed by atoms with Crippen molar-refractivity contribution < 1.29 is 4.79 Å². The molecule has 1 aromatic heterocycles. The number of carbonyl (C=O) groups excluding carboxylic acids is 1. The van der Waals surface area contributed by atoms with Crippen molar-refractivity contribution in [2.24, 2.45) is 11.1 Å². The molecule has 0 spiro atoms. The molecule has 0 aromatic carbocycles. The van der Waals surface area contributed by atoms with Gasteiger partial charge in [-0.15, -0.1) is 0 Å². The molecule has 1 amide bonds. The zero-order valence-electron chi connectivity index (χ0n) is 9.07. The smallest absolute Gasteiger partial charge is 0.238 e. The lowest BCUT2D eigenvalue weighted by atomic mass is 9.68. The van der Waals surface area contributed by atoms with Gasteiger partial charge >= 0.3 is 0 Å². The minimum atomic E-state index is -0.663. The Kier molecular flexibility index (Phi) is 3.44. The molecule has 6 heteroatoms. The second-order valence-corrected chi connectivity index (χ2v) is 5.47. The molecule has 2 rings (SSSR count). The molecule has 1 heterocycles. The molecule has 0 bridgehead atoms. The van der Waals surface area contributed by atoms with Gasteiger partial charge in [0, 0.05) is 10.7 Å². The summed E-state index contributed by atoms with van der Waals surface area (Å²) in [6.45, 7) is 0. The van der Waals surface area contributed by atoms with E-state index in [0.29, 0.717) is 5.82 Å². The van der Waals surface area contributed by atoms with Crippen molar-refractivity contribution >= 4 is 44.9 Å². The van der Waals surface area contributed by atoms with E-state index in [4.69, 9.17) is 18.0 Å². The molecule has 0 unspecified atom stereocenters. The monoisotopic (exact) mass is 313 g/mol. The first-order chi connectivity index (χ1) is 8.04. The molecule has 90 valence electrons. The lowest BCUT2D eigenvalue weighted by Crippen LogP contribution is -2.50. The van der Waals surface area contributed by atoms with Crippen LogP contribution >= 0.6 is 28.1 Å². The van der Waals surface area contributed by atoms with Gasteiger partial charge in [0.05, 0.1) is 10.4 Å². The van der Waals surface area contributed by atoms with Crippen LogP contribution in [0.1, 0.15) is 19.3 Å². The summed E-state index contributed by atoms with van der Waals surface area (Å²) in [4.78, 5) is 16.5. The van der Waals surface area contributed by atoms with Crippen molar-refractivity contribution in [2.45, 2.75) is 19.3 Å². The highest BCUT2D eigenvalue weighted by Crippen LogP contribution is 2.42. The summed E-state index contributed by atoms with van der Waals surface area (Å²) in [5, 5.41) is 2.75. The van der Waals surface area contributed by atoms with E-state index in [1.807, 2.05) is 6.07 Å². The minimum Gasteiger partial charge on any atom is -0.392 e. The number of nitrogens with two attached hydrogens (primary N) is 1. The first kappa shape index (κ1) is 12.4. The number of carbonyl (C=O) groups is 1. The summed E-state index contributed by atoms with van der Waals surface area (Å²) < 4.78 is 0.864. The molecule has 1 aromatic rings. The third-order valence-corrected chi connectivity index (χ3v) is 3.94. The molecule has 1 saturated carbocycles. The Labute approximate surface area is 113 Å². The van der Waals surface area contributed by atoms with Gasteiger partial charge < -0.3 is 11.1 Å². The highest BCUT2D eigenvalue weighted by molar-refractivity contribution is 9.10. The Bertz CT molecular complexity index is 456. The van der Waals surface area contributed by atoms with Crippen molar-refractivity contribution in [3.8, 4) is 0 Å². The molecule has 1 aliphatic rings. The van der Waals surface area contributed by atoms with E-state index in [1.54, 1.807) is 12.3 Å². The van der Waals surface area contributed by atoms with E-state index in [2.05, 4.69) is 26.2 Å². The predicted molar refractivity (Wildman–Crippen MR) is 73.6 cm³/mol. The molecule has 4 nitrogen and oxygen atoms in total. The van der Waals surface area contributed by atoms with Crippen molar-refractivity contribution in [3.63, 3.8) is 0 Å². The van der Waals surface area contributed by atoms with Gasteiger partial charge in [-0.3, -0.25) is 4.79 Å². The maximum atomic E-state index is 12.1. The van der Waals surface area contributed by atoms with Crippen molar-refractivity contribution in [1.82, 2.24) is 4.98 Å². The SMILES string of the molecule is NC(=S)C1(C(=O)Nc2ccc(Br)cn2)CCC1. The summed E-state index contributed by atoms with van der Waals surface area (Å²) in [6, 6.07) is 3.55. The van der Waals surface area contributed by atoms with Crippen LogP contribution in [-0.2, 0) is 4.79 Å². The maximum absolute atomic E-state index is 12.1. The number of nitrogens with zero attached hydrogens (tertiary/aromatic N) is 1. The number of anilines is 1. The van der Waals surface area contributed by atoms with Crippen LogP contribution in [0.5, 0.6) is 0 Å². The Hall–Kier alpha value is -1.01. The van der Waals surface area contributed by atoms with Gasteiger partial charge in [0.1, 0.15) is 5.82 Å². The topological polar surface area (TPSA) is 68.0 Å². The first-order valence-electron chi connectivity index (χ1n) is 5.27. The fraction of sp³-hybridized carbons (Fsp3) is 0.364. The molecule has 3 N–H and O–H groups in total. The second kappa shape index (κ2) is 4.70. The lowest BCUT2D eigenvalue weighted by Gasteiger charge is -2.38. The van der Waals surface area contributed by atoms with E-state index in [0.717, 1.165) is 23.7 Å². The first-order valence-corrected chi connectivity index (χ1v) is 6.48. The van der Waals surface area contributed by atoms with Crippen molar-refractivity contribution in [2.75, 3.05) is 5.32 Å². The molecule has 0 saturated heterocycles. The number of hydrogen-bond donors (Lipinski definition) is 2. The van der Waals surface area contributed by atoms with Crippen LogP contribution in [-0.4, -0.2) is 15.9 Å². The maximum Gasteiger partial charge on any atom is 0.238 e. The van der Waals surface area contributed by atoms with Gasteiger partial charge in [-0.1, -0.05) is 18.6 Å². The highest BCUT2D eigenvalue weighted by atomic mass is 79.9. The standard InChI is InChI=1S/C11H12BrN3OS/c12-7-2-3-8(14-6-7)15-10(16)11(9(13)17)4-1-5-11/h2-3,6H,1,4-5H2,(H2,13,17)(H,14,15,16). The number of amides is 1.